The molecule has 2 N–H and O–H groups in total. The van der Waals surface area contributed by atoms with E-state index in [0.29, 0.717) is 28.4 Å². The van der Waals surface area contributed by atoms with E-state index in [1.807, 2.05) is 0 Å². The fourth-order valence-electron chi connectivity index (χ4n) is 3.26. The monoisotopic (exact) mass is 497 g/mol. The molecule has 180 valence electrons. The SMILES string of the molecule is C#CCO[C@H]1C[C@H](n2cc(C(F)(F)F)c(=O)[nH]c2=O)O[C@@H]1COC(=S)c1ccc(NC=O)cc1. The maximum absolute atomic E-state index is 13.1. The lowest BCUT2D eigenvalue weighted by Crippen LogP contribution is -2.36. The van der Waals surface area contributed by atoms with Crippen LogP contribution in [-0.4, -0.2) is 46.4 Å². The first-order valence-electron chi connectivity index (χ1n) is 9.74. The van der Waals surface area contributed by atoms with E-state index in [4.69, 9.17) is 32.9 Å². The van der Waals surface area contributed by atoms with Gasteiger partial charge in [-0.05, 0) is 36.5 Å². The number of hydrogen-bond acceptors (Lipinski definition) is 7. The second-order valence-corrected chi connectivity index (χ2v) is 7.43. The van der Waals surface area contributed by atoms with Crippen molar-refractivity contribution in [3.8, 4) is 12.3 Å². The largest absolute Gasteiger partial charge is 0.480 e. The fraction of sp³-hybridized carbons (Fsp3) is 0.333. The molecular formula is C21H18F3N3O6S. The summed E-state index contributed by atoms with van der Waals surface area (Å²) in [6, 6.07) is 6.47. The molecular weight excluding hydrogens is 479 g/mol. The Kier molecular flexibility index (Phi) is 7.87. The highest BCUT2D eigenvalue weighted by Gasteiger charge is 2.40. The molecule has 9 nitrogen and oxygen atoms in total. The lowest BCUT2D eigenvalue weighted by atomic mass is 10.2. The number of anilines is 1. The molecule has 1 aromatic heterocycles. The number of thiocarbonyl (C=S) groups is 1. The van der Waals surface area contributed by atoms with Crippen LogP contribution in [0.4, 0.5) is 18.9 Å². The standard InChI is InChI=1S/C21H18F3N3O6S/c1-2-7-31-15-8-17(27-9-14(21(22,23)24)18(29)26-20(27)30)33-16(15)10-32-19(34)12-3-5-13(6-4-12)25-11-28/h1,3-6,9,11,15-17H,7-8,10H2,(H,25,28)(H,26,29,30)/t15-,16+,17+/m0/s1. The summed E-state index contributed by atoms with van der Waals surface area (Å²) in [7, 11) is 0. The molecule has 1 aromatic carbocycles. The Hall–Kier alpha value is -3.47. The molecule has 13 heteroatoms. The van der Waals surface area contributed by atoms with Crippen LogP contribution in [0.3, 0.4) is 0 Å². The second kappa shape index (κ2) is 10.6. The average molecular weight is 497 g/mol. The van der Waals surface area contributed by atoms with Gasteiger partial charge >= 0.3 is 11.9 Å². The Morgan fingerprint density at radius 1 is 1.35 bits per heavy atom. The van der Waals surface area contributed by atoms with Crippen molar-refractivity contribution in [2.45, 2.75) is 31.0 Å². The molecule has 3 atom stereocenters. The quantitative estimate of drug-likeness (QED) is 0.325. The number of H-pyrrole nitrogens is 1. The fourth-order valence-corrected chi connectivity index (χ4v) is 3.47. The Balaban J connectivity index is 1.76. The van der Waals surface area contributed by atoms with Crippen molar-refractivity contribution in [2.75, 3.05) is 18.5 Å². The van der Waals surface area contributed by atoms with Gasteiger partial charge in [-0.15, -0.1) is 6.42 Å². The minimum absolute atomic E-state index is 0.0300. The molecule has 0 spiro atoms. The van der Waals surface area contributed by atoms with Gasteiger partial charge < -0.3 is 19.5 Å². The van der Waals surface area contributed by atoms with Crippen molar-refractivity contribution in [1.82, 2.24) is 9.55 Å². The van der Waals surface area contributed by atoms with E-state index in [0.717, 1.165) is 0 Å². The van der Waals surface area contributed by atoms with E-state index >= 15 is 0 Å². The number of alkyl halides is 3. The zero-order valence-electron chi connectivity index (χ0n) is 17.3. The molecule has 1 amide bonds. The van der Waals surface area contributed by atoms with Crippen LogP contribution < -0.4 is 16.6 Å². The van der Waals surface area contributed by atoms with Gasteiger partial charge in [0.2, 0.25) is 6.41 Å². The first-order valence-corrected chi connectivity index (χ1v) is 10.2. The van der Waals surface area contributed by atoms with Crippen molar-refractivity contribution in [3.05, 3.63) is 62.4 Å². The number of rotatable bonds is 8. The average Bonchev–Trinajstić information content (AvgIpc) is 3.18. The zero-order valence-corrected chi connectivity index (χ0v) is 18.2. The number of nitrogens with zero attached hydrogens (tertiary/aromatic N) is 1. The van der Waals surface area contributed by atoms with Crippen LogP contribution in [0, 0.1) is 12.3 Å². The molecule has 1 aliphatic heterocycles. The number of terminal acetylenes is 1. The van der Waals surface area contributed by atoms with Crippen molar-refractivity contribution >= 4 is 29.4 Å². The summed E-state index contributed by atoms with van der Waals surface area (Å²) < 4.78 is 56.9. The van der Waals surface area contributed by atoms with Gasteiger partial charge in [0.15, 0.2) is 5.05 Å². The molecule has 2 heterocycles. The van der Waals surface area contributed by atoms with Gasteiger partial charge in [-0.3, -0.25) is 19.1 Å². The Bertz CT molecular complexity index is 1200. The second-order valence-electron chi connectivity index (χ2n) is 7.06. The number of carbonyl (C=O) groups is 1. The molecule has 34 heavy (non-hydrogen) atoms. The van der Waals surface area contributed by atoms with Crippen LogP contribution in [0.25, 0.3) is 0 Å². The maximum atomic E-state index is 13.1. The summed E-state index contributed by atoms with van der Waals surface area (Å²) in [6.45, 7) is -0.260. The summed E-state index contributed by atoms with van der Waals surface area (Å²) in [6.07, 6.45) is -1.57. The van der Waals surface area contributed by atoms with Crippen LogP contribution in [-0.2, 0) is 25.2 Å². The normalized spacial score (nSPS) is 19.9. The minimum Gasteiger partial charge on any atom is -0.480 e. The molecule has 0 aliphatic carbocycles. The lowest BCUT2D eigenvalue weighted by Gasteiger charge is -2.19. The molecule has 1 fully saturated rings. The smallest absolute Gasteiger partial charge is 0.423 e. The third-order valence-corrected chi connectivity index (χ3v) is 5.22. The predicted molar refractivity (Wildman–Crippen MR) is 117 cm³/mol. The van der Waals surface area contributed by atoms with Crippen LogP contribution >= 0.6 is 12.2 Å². The van der Waals surface area contributed by atoms with Crippen LogP contribution in [0.15, 0.2) is 40.1 Å². The van der Waals surface area contributed by atoms with Crippen molar-refractivity contribution in [1.29, 1.82) is 0 Å². The number of benzene rings is 1. The molecule has 0 saturated carbocycles. The Labute approximate surface area is 195 Å². The molecule has 1 aliphatic rings. The summed E-state index contributed by atoms with van der Waals surface area (Å²) in [5, 5.41) is 2.58. The third kappa shape index (κ3) is 5.90. The van der Waals surface area contributed by atoms with Crippen LogP contribution in [0.2, 0.25) is 0 Å². The first kappa shape index (κ1) is 25.2. The number of hydrogen-bond donors (Lipinski definition) is 2. The molecule has 2 aromatic rings. The van der Waals surface area contributed by atoms with Gasteiger partial charge in [-0.25, -0.2) is 4.79 Å². The number of halogens is 3. The maximum Gasteiger partial charge on any atom is 0.423 e. The van der Waals surface area contributed by atoms with Gasteiger partial charge in [-0.2, -0.15) is 13.2 Å². The van der Waals surface area contributed by atoms with Gasteiger partial charge in [0.25, 0.3) is 5.56 Å². The minimum atomic E-state index is -4.97. The molecule has 3 rings (SSSR count). The summed E-state index contributed by atoms with van der Waals surface area (Å²) in [4.78, 5) is 35.9. The number of carbonyl (C=O) groups excluding carboxylic acids is 1. The molecule has 0 radical (unpaired) electrons. The number of aromatic amines is 1. The van der Waals surface area contributed by atoms with Crippen LogP contribution in [0.1, 0.15) is 23.8 Å². The predicted octanol–water partition coefficient (Wildman–Crippen LogP) is 1.82. The van der Waals surface area contributed by atoms with E-state index in [1.165, 1.54) is 0 Å². The van der Waals surface area contributed by atoms with Crippen molar-refractivity contribution in [3.63, 3.8) is 0 Å². The number of aromatic nitrogens is 2. The third-order valence-electron chi connectivity index (χ3n) is 4.87. The summed E-state index contributed by atoms with van der Waals surface area (Å²) >= 11 is 5.24. The molecule has 0 bridgehead atoms. The van der Waals surface area contributed by atoms with E-state index in [9.17, 15) is 27.6 Å². The van der Waals surface area contributed by atoms with E-state index in [1.54, 1.807) is 29.2 Å². The lowest BCUT2D eigenvalue weighted by molar-refractivity contribution is -0.139. The number of amides is 1. The topological polar surface area (TPSA) is 112 Å². The van der Waals surface area contributed by atoms with Crippen LogP contribution in [0.5, 0.6) is 0 Å². The molecule has 1 saturated heterocycles. The summed E-state index contributed by atoms with van der Waals surface area (Å²) in [5.74, 6) is 2.28. The first-order chi connectivity index (χ1) is 16.1. The Morgan fingerprint density at radius 2 is 2.06 bits per heavy atom. The van der Waals surface area contributed by atoms with Gasteiger partial charge in [-0.1, -0.05) is 5.92 Å². The number of nitrogens with one attached hydrogen (secondary N) is 2. The highest BCUT2D eigenvalue weighted by atomic mass is 32.1. The number of ether oxygens (including phenoxy) is 3. The molecule has 0 unspecified atom stereocenters. The van der Waals surface area contributed by atoms with E-state index in [-0.39, 0.29) is 24.7 Å². The van der Waals surface area contributed by atoms with Gasteiger partial charge in [0.05, 0.1) is 6.10 Å². The van der Waals surface area contributed by atoms with Crippen molar-refractivity contribution < 1.29 is 32.2 Å². The van der Waals surface area contributed by atoms with Gasteiger partial charge in [0.1, 0.15) is 31.1 Å². The Morgan fingerprint density at radius 3 is 2.68 bits per heavy atom. The summed E-state index contributed by atoms with van der Waals surface area (Å²) in [5.41, 5.74) is -3.07. The van der Waals surface area contributed by atoms with Crippen molar-refractivity contribution in [2.24, 2.45) is 0 Å². The van der Waals surface area contributed by atoms with E-state index < -0.39 is 41.4 Å². The zero-order chi connectivity index (χ0) is 24.9. The highest BCUT2D eigenvalue weighted by molar-refractivity contribution is 7.80. The van der Waals surface area contributed by atoms with E-state index in [2.05, 4.69) is 11.2 Å². The highest BCUT2D eigenvalue weighted by Crippen LogP contribution is 2.32. The van der Waals surface area contributed by atoms with Gasteiger partial charge in [0, 0.05) is 23.9 Å².